The number of ketones is 1. The van der Waals surface area contributed by atoms with Gasteiger partial charge in [-0.3, -0.25) is 4.79 Å². The minimum absolute atomic E-state index is 0.0244. The second-order valence-corrected chi connectivity index (χ2v) is 4.29. The van der Waals surface area contributed by atoms with Crippen LogP contribution in [0.3, 0.4) is 0 Å². The summed E-state index contributed by atoms with van der Waals surface area (Å²) in [6.07, 6.45) is 3.96. The number of Topliss-reactive ketones (excluding diaryl/α,β-unsaturated/α-hetero) is 1. The third-order valence-electron chi connectivity index (χ3n) is 3.21. The molecule has 16 heavy (non-hydrogen) atoms. The van der Waals surface area contributed by atoms with E-state index in [0.717, 1.165) is 35.9 Å². The zero-order valence-electron chi connectivity index (χ0n) is 8.99. The maximum Gasteiger partial charge on any atom is 0.179 e. The molecule has 0 aliphatic carbocycles. The van der Waals surface area contributed by atoms with Gasteiger partial charge in [-0.2, -0.15) is 0 Å². The van der Waals surface area contributed by atoms with Gasteiger partial charge in [0.05, 0.1) is 6.04 Å². The van der Waals surface area contributed by atoms with Crippen LogP contribution in [-0.2, 0) is 0 Å². The molecule has 1 aromatic heterocycles. The van der Waals surface area contributed by atoms with Crippen molar-refractivity contribution in [2.75, 3.05) is 6.54 Å². The summed E-state index contributed by atoms with van der Waals surface area (Å²) in [6, 6.07) is 7.86. The first kappa shape index (κ1) is 9.60. The second kappa shape index (κ2) is 3.76. The zero-order chi connectivity index (χ0) is 11.0. The van der Waals surface area contributed by atoms with Gasteiger partial charge < -0.3 is 10.3 Å². The molecule has 0 bridgehead atoms. The Bertz CT molecular complexity index is 523. The molecule has 1 fully saturated rings. The maximum absolute atomic E-state index is 12.1. The van der Waals surface area contributed by atoms with Gasteiger partial charge in [-0.25, -0.2) is 0 Å². The highest BCUT2D eigenvalue weighted by molar-refractivity contribution is 6.02. The van der Waals surface area contributed by atoms with Crippen LogP contribution in [-0.4, -0.2) is 23.4 Å². The van der Waals surface area contributed by atoms with E-state index in [1.165, 1.54) is 0 Å². The smallest absolute Gasteiger partial charge is 0.179 e. The van der Waals surface area contributed by atoms with Crippen LogP contribution in [0.5, 0.6) is 0 Å². The molecule has 3 rings (SSSR count). The number of rotatable bonds is 2. The Balaban J connectivity index is 1.95. The molecule has 2 N–H and O–H groups in total. The number of aromatic nitrogens is 1. The highest BCUT2D eigenvalue weighted by Crippen LogP contribution is 2.17. The fourth-order valence-electron chi connectivity index (χ4n) is 2.32. The highest BCUT2D eigenvalue weighted by atomic mass is 16.1. The molecule has 0 spiro atoms. The first-order chi connectivity index (χ1) is 7.84. The van der Waals surface area contributed by atoms with E-state index in [9.17, 15) is 4.79 Å². The van der Waals surface area contributed by atoms with E-state index in [2.05, 4.69) is 10.3 Å². The van der Waals surface area contributed by atoms with E-state index in [0.29, 0.717) is 0 Å². The van der Waals surface area contributed by atoms with Crippen LogP contribution in [0.4, 0.5) is 0 Å². The lowest BCUT2D eigenvalue weighted by Gasteiger charge is -2.08. The average molecular weight is 214 g/mol. The number of benzene rings is 1. The van der Waals surface area contributed by atoms with Crippen molar-refractivity contribution in [2.45, 2.75) is 18.9 Å². The zero-order valence-corrected chi connectivity index (χ0v) is 8.99. The lowest BCUT2D eigenvalue weighted by molar-refractivity contribution is 0.0952. The summed E-state index contributed by atoms with van der Waals surface area (Å²) in [7, 11) is 0. The molecule has 1 aliphatic rings. The molecule has 3 heteroatoms. The number of carbonyl (C=O) groups is 1. The van der Waals surface area contributed by atoms with Crippen molar-refractivity contribution in [2.24, 2.45) is 0 Å². The Hall–Kier alpha value is -1.61. The van der Waals surface area contributed by atoms with E-state index in [-0.39, 0.29) is 11.8 Å². The summed E-state index contributed by atoms with van der Waals surface area (Å²) in [5.74, 6) is 0.223. The minimum Gasteiger partial charge on any atom is -0.361 e. The Morgan fingerprint density at radius 1 is 1.31 bits per heavy atom. The van der Waals surface area contributed by atoms with Gasteiger partial charge in [0, 0.05) is 22.7 Å². The first-order valence-corrected chi connectivity index (χ1v) is 5.69. The summed E-state index contributed by atoms with van der Waals surface area (Å²) in [4.78, 5) is 15.3. The fourth-order valence-corrected chi connectivity index (χ4v) is 2.32. The quantitative estimate of drug-likeness (QED) is 0.752. The molecular formula is C13H14N2O. The predicted octanol–water partition coefficient (Wildman–Crippen LogP) is 2.10. The number of hydrogen-bond donors (Lipinski definition) is 2. The molecule has 82 valence electrons. The van der Waals surface area contributed by atoms with Crippen LogP contribution in [0.2, 0.25) is 0 Å². The molecule has 1 aliphatic heterocycles. The standard InChI is InChI=1S/C13H14N2O/c16-13(12-2-1-6-14-12)10-3-4-11-9(8-10)5-7-15-11/h3-5,7-8,12,14-15H,1-2,6H2. The van der Waals surface area contributed by atoms with Crippen molar-refractivity contribution in [1.29, 1.82) is 0 Å². The molecule has 0 radical (unpaired) electrons. The number of fused-ring (bicyclic) bond motifs is 1. The van der Waals surface area contributed by atoms with Crippen molar-refractivity contribution < 1.29 is 4.79 Å². The van der Waals surface area contributed by atoms with Crippen molar-refractivity contribution in [3.63, 3.8) is 0 Å². The van der Waals surface area contributed by atoms with Crippen LogP contribution < -0.4 is 5.32 Å². The predicted molar refractivity (Wildman–Crippen MR) is 63.7 cm³/mol. The van der Waals surface area contributed by atoms with E-state index in [1.54, 1.807) is 0 Å². The van der Waals surface area contributed by atoms with Gasteiger partial charge in [-0.05, 0) is 43.7 Å². The van der Waals surface area contributed by atoms with Crippen molar-refractivity contribution >= 4 is 16.7 Å². The van der Waals surface area contributed by atoms with E-state index < -0.39 is 0 Å². The molecule has 2 heterocycles. The van der Waals surface area contributed by atoms with Crippen LogP contribution in [0.15, 0.2) is 30.5 Å². The Morgan fingerprint density at radius 2 is 2.25 bits per heavy atom. The molecule has 2 aromatic rings. The molecule has 1 atom stereocenters. The maximum atomic E-state index is 12.1. The Kier molecular flexibility index (Phi) is 2.26. The van der Waals surface area contributed by atoms with Gasteiger partial charge in [0.15, 0.2) is 5.78 Å². The van der Waals surface area contributed by atoms with Crippen LogP contribution in [0.25, 0.3) is 10.9 Å². The second-order valence-electron chi connectivity index (χ2n) is 4.29. The van der Waals surface area contributed by atoms with Crippen molar-refractivity contribution in [3.05, 3.63) is 36.0 Å². The molecule has 0 amide bonds. The van der Waals surface area contributed by atoms with Crippen molar-refractivity contribution in [1.82, 2.24) is 10.3 Å². The lowest BCUT2D eigenvalue weighted by Crippen LogP contribution is -2.30. The highest BCUT2D eigenvalue weighted by Gasteiger charge is 2.23. The number of hydrogen-bond acceptors (Lipinski definition) is 2. The van der Waals surface area contributed by atoms with Crippen molar-refractivity contribution in [3.8, 4) is 0 Å². The summed E-state index contributed by atoms with van der Waals surface area (Å²) < 4.78 is 0. The summed E-state index contributed by atoms with van der Waals surface area (Å²) in [5.41, 5.74) is 1.89. The van der Waals surface area contributed by atoms with Crippen LogP contribution in [0, 0.1) is 0 Å². The van der Waals surface area contributed by atoms with Crippen LogP contribution >= 0.6 is 0 Å². The number of nitrogens with one attached hydrogen (secondary N) is 2. The van der Waals surface area contributed by atoms with Gasteiger partial charge >= 0.3 is 0 Å². The lowest BCUT2D eigenvalue weighted by atomic mass is 10.0. The molecule has 1 unspecified atom stereocenters. The Labute approximate surface area is 93.9 Å². The van der Waals surface area contributed by atoms with Crippen LogP contribution in [0.1, 0.15) is 23.2 Å². The minimum atomic E-state index is 0.0244. The Morgan fingerprint density at radius 3 is 3.06 bits per heavy atom. The SMILES string of the molecule is O=C(c1ccc2[nH]ccc2c1)C1CCCN1. The molecule has 1 saturated heterocycles. The number of carbonyl (C=O) groups excluding carboxylic acids is 1. The average Bonchev–Trinajstić information content (AvgIpc) is 2.98. The normalized spacial score (nSPS) is 20.4. The molecule has 3 nitrogen and oxygen atoms in total. The van der Waals surface area contributed by atoms with Gasteiger partial charge in [0.25, 0.3) is 0 Å². The first-order valence-electron chi connectivity index (χ1n) is 5.69. The summed E-state index contributed by atoms with van der Waals surface area (Å²) in [5, 5.41) is 4.34. The number of H-pyrrole nitrogens is 1. The van der Waals surface area contributed by atoms with E-state index in [1.807, 2.05) is 30.5 Å². The number of aromatic amines is 1. The summed E-state index contributed by atoms with van der Waals surface area (Å²) in [6.45, 7) is 0.961. The third-order valence-corrected chi connectivity index (χ3v) is 3.21. The summed E-state index contributed by atoms with van der Waals surface area (Å²) >= 11 is 0. The topological polar surface area (TPSA) is 44.9 Å². The molecule has 0 saturated carbocycles. The monoisotopic (exact) mass is 214 g/mol. The largest absolute Gasteiger partial charge is 0.361 e. The van der Waals surface area contributed by atoms with Gasteiger partial charge in [0.1, 0.15) is 0 Å². The van der Waals surface area contributed by atoms with Gasteiger partial charge in [-0.15, -0.1) is 0 Å². The van der Waals surface area contributed by atoms with Gasteiger partial charge in [0.2, 0.25) is 0 Å². The fraction of sp³-hybridized carbons (Fsp3) is 0.308. The molecular weight excluding hydrogens is 200 g/mol. The van der Waals surface area contributed by atoms with E-state index >= 15 is 0 Å². The third kappa shape index (κ3) is 1.53. The van der Waals surface area contributed by atoms with E-state index in [4.69, 9.17) is 0 Å². The van der Waals surface area contributed by atoms with Gasteiger partial charge in [-0.1, -0.05) is 0 Å². The molecule has 1 aromatic carbocycles.